The van der Waals surface area contributed by atoms with Gasteiger partial charge in [0.25, 0.3) is 5.69 Å². The van der Waals surface area contributed by atoms with Crippen LogP contribution in [-0.4, -0.2) is 4.92 Å². The molecule has 0 amide bonds. The molecule has 0 saturated carbocycles. The molecule has 6 heteroatoms. The first-order valence-electron chi connectivity index (χ1n) is 5.84. The normalized spacial score (nSPS) is 9.85. The standard InChI is InChI=1S/C14H13ClN2O2.ClH/c15-14-7-2-1-5-12(14)10-16-9-11-4-3-6-13(8-11)17(18)19;/h1-8,16H,9-10H2;1H. The van der Waals surface area contributed by atoms with Gasteiger partial charge in [-0.2, -0.15) is 0 Å². The highest BCUT2D eigenvalue weighted by atomic mass is 35.5. The van der Waals surface area contributed by atoms with Crippen molar-refractivity contribution in [3.8, 4) is 0 Å². The fourth-order valence-corrected chi connectivity index (χ4v) is 1.97. The molecule has 0 aliphatic heterocycles. The molecule has 20 heavy (non-hydrogen) atoms. The maximum absolute atomic E-state index is 10.7. The van der Waals surface area contributed by atoms with Gasteiger partial charge in [0.05, 0.1) is 4.92 Å². The summed E-state index contributed by atoms with van der Waals surface area (Å²) >= 11 is 6.04. The molecule has 0 radical (unpaired) electrons. The summed E-state index contributed by atoms with van der Waals surface area (Å²) in [6.07, 6.45) is 0. The quantitative estimate of drug-likeness (QED) is 0.671. The number of rotatable bonds is 5. The van der Waals surface area contributed by atoms with Gasteiger partial charge < -0.3 is 5.32 Å². The van der Waals surface area contributed by atoms with E-state index in [4.69, 9.17) is 11.6 Å². The second kappa shape index (κ2) is 7.85. The molecular formula is C14H14Cl2N2O2. The zero-order chi connectivity index (χ0) is 13.7. The first kappa shape index (κ1) is 16.4. The number of nitro benzene ring substituents is 1. The van der Waals surface area contributed by atoms with E-state index in [2.05, 4.69) is 5.32 Å². The number of halogens is 2. The maximum Gasteiger partial charge on any atom is 0.269 e. The van der Waals surface area contributed by atoms with Crippen LogP contribution >= 0.6 is 24.0 Å². The lowest BCUT2D eigenvalue weighted by molar-refractivity contribution is -0.384. The number of hydrogen-bond donors (Lipinski definition) is 1. The molecule has 106 valence electrons. The van der Waals surface area contributed by atoms with E-state index in [9.17, 15) is 10.1 Å². The van der Waals surface area contributed by atoms with Crippen molar-refractivity contribution in [1.82, 2.24) is 5.32 Å². The third-order valence-corrected chi connectivity index (χ3v) is 3.09. The van der Waals surface area contributed by atoms with Gasteiger partial charge in [-0.3, -0.25) is 10.1 Å². The van der Waals surface area contributed by atoms with Crippen LogP contribution in [0.25, 0.3) is 0 Å². The van der Waals surface area contributed by atoms with E-state index in [-0.39, 0.29) is 18.1 Å². The second-order valence-electron chi connectivity index (χ2n) is 4.12. The third-order valence-electron chi connectivity index (χ3n) is 2.72. The van der Waals surface area contributed by atoms with Crippen LogP contribution in [0.4, 0.5) is 5.69 Å². The van der Waals surface area contributed by atoms with E-state index in [1.165, 1.54) is 6.07 Å². The van der Waals surface area contributed by atoms with Gasteiger partial charge in [-0.1, -0.05) is 41.9 Å². The molecule has 0 fully saturated rings. The number of nitrogens with zero attached hydrogens (tertiary/aromatic N) is 1. The topological polar surface area (TPSA) is 55.2 Å². The summed E-state index contributed by atoms with van der Waals surface area (Å²) in [6, 6.07) is 14.2. The largest absolute Gasteiger partial charge is 0.309 e. The molecule has 0 aliphatic carbocycles. The molecule has 2 aromatic carbocycles. The van der Waals surface area contributed by atoms with Crippen molar-refractivity contribution >= 4 is 29.7 Å². The Bertz CT molecular complexity index is 591. The van der Waals surface area contributed by atoms with Gasteiger partial charge in [0.1, 0.15) is 0 Å². The average Bonchev–Trinajstić information content (AvgIpc) is 2.41. The zero-order valence-corrected chi connectivity index (χ0v) is 12.2. The van der Waals surface area contributed by atoms with E-state index < -0.39 is 4.92 Å². The molecular weight excluding hydrogens is 299 g/mol. The Balaban J connectivity index is 0.00000200. The molecule has 0 saturated heterocycles. The molecule has 0 bridgehead atoms. The van der Waals surface area contributed by atoms with Gasteiger partial charge in [-0.05, 0) is 17.2 Å². The summed E-state index contributed by atoms with van der Waals surface area (Å²) in [5, 5.41) is 14.6. The lowest BCUT2D eigenvalue weighted by Crippen LogP contribution is -2.13. The highest BCUT2D eigenvalue weighted by Gasteiger charge is 2.05. The highest BCUT2D eigenvalue weighted by molar-refractivity contribution is 6.31. The van der Waals surface area contributed by atoms with Crippen LogP contribution in [0.1, 0.15) is 11.1 Å². The molecule has 0 unspecified atom stereocenters. The first-order valence-corrected chi connectivity index (χ1v) is 6.22. The average molecular weight is 313 g/mol. The van der Waals surface area contributed by atoms with E-state index in [0.717, 1.165) is 11.1 Å². The molecule has 0 aliphatic rings. The van der Waals surface area contributed by atoms with Crippen LogP contribution in [0.5, 0.6) is 0 Å². The maximum atomic E-state index is 10.7. The Morgan fingerprint density at radius 3 is 2.55 bits per heavy atom. The van der Waals surface area contributed by atoms with Crippen LogP contribution in [0.15, 0.2) is 48.5 Å². The van der Waals surface area contributed by atoms with E-state index in [0.29, 0.717) is 18.1 Å². The van der Waals surface area contributed by atoms with Crippen LogP contribution in [-0.2, 0) is 13.1 Å². The first-order chi connectivity index (χ1) is 9.16. The van der Waals surface area contributed by atoms with Crippen molar-refractivity contribution in [2.45, 2.75) is 13.1 Å². The Kier molecular flexibility index (Phi) is 6.45. The molecule has 0 atom stereocenters. The van der Waals surface area contributed by atoms with Crippen LogP contribution in [0, 0.1) is 10.1 Å². The van der Waals surface area contributed by atoms with Crippen molar-refractivity contribution in [2.24, 2.45) is 0 Å². The number of nitro groups is 1. The number of benzene rings is 2. The van der Waals surface area contributed by atoms with Crippen molar-refractivity contribution < 1.29 is 4.92 Å². The molecule has 2 rings (SSSR count). The van der Waals surface area contributed by atoms with Gasteiger partial charge in [0, 0.05) is 30.2 Å². The Morgan fingerprint density at radius 1 is 1.10 bits per heavy atom. The fourth-order valence-electron chi connectivity index (χ4n) is 1.76. The lowest BCUT2D eigenvalue weighted by atomic mass is 10.2. The number of nitrogens with one attached hydrogen (secondary N) is 1. The minimum absolute atomic E-state index is 0. The number of non-ortho nitro benzene ring substituents is 1. The minimum Gasteiger partial charge on any atom is -0.309 e. The summed E-state index contributed by atoms with van der Waals surface area (Å²) in [5.74, 6) is 0. The van der Waals surface area contributed by atoms with E-state index in [1.807, 2.05) is 30.3 Å². The van der Waals surface area contributed by atoms with E-state index in [1.54, 1.807) is 12.1 Å². The van der Waals surface area contributed by atoms with Crippen LogP contribution in [0.3, 0.4) is 0 Å². The summed E-state index contributed by atoms with van der Waals surface area (Å²) in [4.78, 5) is 10.3. The Morgan fingerprint density at radius 2 is 1.85 bits per heavy atom. The van der Waals surface area contributed by atoms with Crippen LogP contribution < -0.4 is 5.32 Å². The summed E-state index contributed by atoms with van der Waals surface area (Å²) in [7, 11) is 0. The van der Waals surface area contributed by atoms with Gasteiger partial charge in [-0.25, -0.2) is 0 Å². The molecule has 0 heterocycles. The monoisotopic (exact) mass is 312 g/mol. The van der Waals surface area contributed by atoms with Crippen molar-refractivity contribution in [3.63, 3.8) is 0 Å². The van der Waals surface area contributed by atoms with Crippen molar-refractivity contribution in [2.75, 3.05) is 0 Å². The molecule has 0 aromatic heterocycles. The van der Waals surface area contributed by atoms with E-state index >= 15 is 0 Å². The van der Waals surface area contributed by atoms with Gasteiger partial charge in [0.2, 0.25) is 0 Å². The minimum atomic E-state index is -0.391. The highest BCUT2D eigenvalue weighted by Crippen LogP contribution is 2.15. The number of hydrogen-bond acceptors (Lipinski definition) is 3. The van der Waals surface area contributed by atoms with Crippen LogP contribution in [0.2, 0.25) is 5.02 Å². The zero-order valence-electron chi connectivity index (χ0n) is 10.6. The van der Waals surface area contributed by atoms with Crippen molar-refractivity contribution in [1.29, 1.82) is 0 Å². The summed E-state index contributed by atoms with van der Waals surface area (Å²) in [6.45, 7) is 1.19. The Hall–Kier alpha value is -1.62. The Labute approximate surface area is 128 Å². The van der Waals surface area contributed by atoms with Gasteiger partial charge in [-0.15, -0.1) is 12.4 Å². The fraction of sp³-hybridized carbons (Fsp3) is 0.143. The molecule has 1 N–H and O–H groups in total. The summed E-state index contributed by atoms with van der Waals surface area (Å²) < 4.78 is 0. The van der Waals surface area contributed by atoms with Crippen molar-refractivity contribution in [3.05, 3.63) is 74.8 Å². The second-order valence-corrected chi connectivity index (χ2v) is 4.53. The molecule has 2 aromatic rings. The smallest absolute Gasteiger partial charge is 0.269 e. The third kappa shape index (κ3) is 4.49. The lowest BCUT2D eigenvalue weighted by Gasteiger charge is -2.06. The predicted molar refractivity (Wildman–Crippen MR) is 82.3 cm³/mol. The summed E-state index contributed by atoms with van der Waals surface area (Å²) in [5.41, 5.74) is 1.99. The molecule has 0 spiro atoms. The van der Waals surface area contributed by atoms with Gasteiger partial charge in [0.15, 0.2) is 0 Å². The SMILES string of the molecule is Cl.O=[N+]([O-])c1cccc(CNCc2ccccc2Cl)c1. The molecule has 4 nitrogen and oxygen atoms in total. The predicted octanol–water partition coefficient (Wildman–Crippen LogP) is 3.96. The van der Waals surface area contributed by atoms with Gasteiger partial charge >= 0.3 is 0 Å².